The first-order valence-electron chi connectivity index (χ1n) is 9.78. The second kappa shape index (κ2) is 10.6. The molecule has 0 bridgehead atoms. The largest absolute Gasteiger partial charge is 0.481 e. The third kappa shape index (κ3) is 6.45. The molecule has 1 aliphatic rings. The number of nitrogens with zero attached hydrogens (tertiary/aromatic N) is 1. The van der Waals surface area contributed by atoms with Crippen molar-refractivity contribution in [3.63, 3.8) is 0 Å². The third-order valence-corrected chi connectivity index (χ3v) is 5.08. The number of hydrogen-bond acceptors (Lipinski definition) is 5. The normalized spacial score (nSPS) is 20.6. The van der Waals surface area contributed by atoms with Crippen LogP contribution in [-0.4, -0.2) is 55.3 Å². The van der Waals surface area contributed by atoms with Gasteiger partial charge in [-0.05, 0) is 39.2 Å². The van der Waals surface area contributed by atoms with Crippen LogP contribution in [0.25, 0.3) is 0 Å². The minimum Gasteiger partial charge on any atom is -0.481 e. The van der Waals surface area contributed by atoms with Crippen molar-refractivity contribution in [3.05, 3.63) is 41.0 Å². The number of rotatable bonds is 5. The van der Waals surface area contributed by atoms with Gasteiger partial charge in [0.2, 0.25) is 5.91 Å². The van der Waals surface area contributed by atoms with E-state index in [1.807, 2.05) is 13.8 Å². The zero-order valence-electron chi connectivity index (χ0n) is 17.4. The SMILES string of the molecule is CC(=O)O.Cc1n[nH]c(C)c1CNC(=O)[C@H]1CC[C@@H](NC(=O)c2cc[nH]c2)[C@H](O)C1. The molecule has 2 amide bonds. The Kier molecular flexibility index (Phi) is 8.16. The van der Waals surface area contributed by atoms with Gasteiger partial charge in [0, 0.05) is 43.0 Å². The van der Waals surface area contributed by atoms with Gasteiger partial charge in [0.05, 0.1) is 23.4 Å². The number of carboxylic acid groups (broad SMARTS) is 1. The molecule has 1 fully saturated rings. The van der Waals surface area contributed by atoms with Crippen LogP contribution in [0.3, 0.4) is 0 Å². The summed E-state index contributed by atoms with van der Waals surface area (Å²) in [5.74, 6) is -1.37. The lowest BCUT2D eigenvalue weighted by Crippen LogP contribution is -2.49. The van der Waals surface area contributed by atoms with Gasteiger partial charge in [0.25, 0.3) is 11.9 Å². The predicted molar refractivity (Wildman–Crippen MR) is 109 cm³/mol. The molecule has 2 aromatic rings. The number of aliphatic hydroxyl groups excluding tert-OH is 1. The molecule has 30 heavy (non-hydrogen) atoms. The molecular weight excluding hydrogens is 390 g/mol. The Morgan fingerprint density at radius 1 is 1.27 bits per heavy atom. The van der Waals surface area contributed by atoms with Gasteiger partial charge in [-0.15, -0.1) is 0 Å². The zero-order valence-corrected chi connectivity index (χ0v) is 17.4. The molecular formula is C20H29N5O5. The van der Waals surface area contributed by atoms with Gasteiger partial charge in [-0.25, -0.2) is 0 Å². The number of hydrogen-bond donors (Lipinski definition) is 6. The molecule has 10 nitrogen and oxygen atoms in total. The Balaban J connectivity index is 0.000000735. The topological polar surface area (TPSA) is 160 Å². The van der Waals surface area contributed by atoms with Gasteiger partial charge < -0.3 is 25.8 Å². The highest BCUT2D eigenvalue weighted by atomic mass is 16.4. The predicted octanol–water partition coefficient (Wildman–Crippen LogP) is 1.02. The van der Waals surface area contributed by atoms with Crippen LogP contribution in [0, 0.1) is 19.8 Å². The Morgan fingerprint density at radius 2 is 1.97 bits per heavy atom. The molecule has 0 saturated heterocycles. The number of nitrogens with one attached hydrogen (secondary N) is 4. The monoisotopic (exact) mass is 419 g/mol. The van der Waals surface area contributed by atoms with E-state index in [1.54, 1.807) is 18.5 Å². The van der Waals surface area contributed by atoms with Crippen molar-refractivity contribution >= 4 is 17.8 Å². The zero-order chi connectivity index (χ0) is 22.3. The van der Waals surface area contributed by atoms with Crippen LogP contribution in [0.5, 0.6) is 0 Å². The molecule has 0 aromatic carbocycles. The standard InChI is InChI=1S/C18H25N5O3.C2H4O2/c1-10-14(11(2)23-22-10)9-20-17(25)12-3-4-15(16(24)7-12)21-18(26)13-5-6-19-8-13;1-2(3)4/h5-6,8,12,15-16,19,24H,3-4,7,9H2,1-2H3,(H,20,25)(H,21,26)(H,22,23);1H3,(H,3,4)/t12-,15+,16+;/m0./s1. The number of carboxylic acids is 1. The Labute approximate surface area is 174 Å². The Hall–Kier alpha value is -3.14. The van der Waals surface area contributed by atoms with E-state index in [2.05, 4.69) is 25.8 Å². The highest BCUT2D eigenvalue weighted by molar-refractivity contribution is 5.94. The average Bonchev–Trinajstić information content (AvgIpc) is 3.32. The fraction of sp³-hybridized carbons (Fsp3) is 0.500. The molecule has 1 aliphatic carbocycles. The van der Waals surface area contributed by atoms with E-state index in [4.69, 9.17) is 9.90 Å². The number of aliphatic hydroxyl groups is 1. The number of aliphatic carboxylic acids is 1. The maximum absolute atomic E-state index is 12.4. The number of carbonyl (C=O) groups excluding carboxylic acids is 2. The molecule has 10 heteroatoms. The van der Waals surface area contributed by atoms with Gasteiger partial charge in [0.15, 0.2) is 0 Å². The Morgan fingerprint density at radius 3 is 2.50 bits per heavy atom. The Bertz CT molecular complexity index is 838. The van der Waals surface area contributed by atoms with Gasteiger partial charge in [-0.3, -0.25) is 19.5 Å². The lowest BCUT2D eigenvalue weighted by atomic mass is 9.83. The molecule has 2 heterocycles. The quantitative estimate of drug-likeness (QED) is 0.424. The summed E-state index contributed by atoms with van der Waals surface area (Å²) in [6, 6.07) is 1.35. The lowest BCUT2D eigenvalue weighted by molar-refractivity contribution is -0.134. The smallest absolute Gasteiger partial charge is 0.300 e. The minimum absolute atomic E-state index is 0.0699. The summed E-state index contributed by atoms with van der Waals surface area (Å²) in [6.07, 6.45) is 4.09. The fourth-order valence-electron chi connectivity index (χ4n) is 3.42. The number of amides is 2. The van der Waals surface area contributed by atoms with Gasteiger partial charge in [0.1, 0.15) is 0 Å². The molecule has 0 radical (unpaired) electrons. The van der Waals surface area contributed by atoms with Crippen molar-refractivity contribution in [1.82, 2.24) is 25.8 Å². The van der Waals surface area contributed by atoms with E-state index in [-0.39, 0.29) is 23.8 Å². The van der Waals surface area contributed by atoms with Crippen LogP contribution >= 0.6 is 0 Å². The molecule has 2 aromatic heterocycles. The van der Waals surface area contributed by atoms with Crippen LogP contribution in [-0.2, 0) is 16.1 Å². The van der Waals surface area contributed by atoms with Gasteiger partial charge in [-0.2, -0.15) is 5.10 Å². The van der Waals surface area contributed by atoms with Crippen molar-refractivity contribution in [1.29, 1.82) is 0 Å². The number of aryl methyl sites for hydroxylation is 2. The summed E-state index contributed by atoms with van der Waals surface area (Å²) in [5.41, 5.74) is 3.34. The number of carbonyl (C=O) groups is 3. The number of aromatic nitrogens is 3. The summed E-state index contributed by atoms with van der Waals surface area (Å²) in [4.78, 5) is 36.4. The lowest BCUT2D eigenvalue weighted by Gasteiger charge is -2.32. The van der Waals surface area contributed by atoms with Gasteiger partial charge >= 0.3 is 0 Å². The van der Waals surface area contributed by atoms with Crippen LogP contribution in [0.15, 0.2) is 18.5 Å². The second-order valence-corrected chi connectivity index (χ2v) is 7.41. The van der Waals surface area contributed by atoms with E-state index < -0.39 is 12.1 Å². The molecule has 3 rings (SSSR count). The van der Waals surface area contributed by atoms with Crippen molar-refractivity contribution in [2.45, 2.75) is 58.7 Å². The minimum atomic E-state index is -0.833. The van der Waals surface area contributed by atoms with E-state index in [0.29, 0.717) is 31.4 Å². The molecule has 6 N–H and O–H groups in total. The third-order valence-electron chi connectivity index (χ3n) is 5.08. The maximum Gasteiger partial charge on any atom is 0.300 e. The molecule has 0 unspecified atom stereocenters. The first-order chi connectivity index (χ1) is 14.2. The van der Waals surface area contributed by atoms with E-state index >= 15 is 0 Å². The van der Waals surface area contributed by atoms with Crippen molar-refractivity contribution in [2.24, 2.45) is 5.92 Å². The summed E-state index contributed by atoms with van der Waals surface area (Å²) in [5, 5.41) is 30.6. The molecule has 164 valence electrons. The first-order valence-corrected chi connectivity index (χ1v) is 9.78. The summed E-state index contributed by atoms with van der Waals surface area (Å²) in [7, 11) is 0. The summed E-state index contributed by atoms with van der Waals surface area (Å²) >= 11 is 0. The maximum atomic E-state index is 12.4. The molecule has 1 saturated carbocycles. The first kappa shape index (κ1) is 23.1. The highest BCUT2D eigenvalue weighted by Crippen LogP contribution is 2.25. The van der Waals surface area contributed by atoms with Crippen molar-refractivity contribution in [2.75, 3.05) is 0 Å². The summed E-state index contributed by atoms with van der Waals surface area (Å²) < 4.78 is 0. The van der Waals surface area contributed by atoms with Crippen LogP contribution < -0.4 is 10.6 Å². The average molecular weight is 419 g/mol. The highest BCUT2D eigenvalue weighted by Gasteiger charge is 2.33. The van der Waals surface area contributed by atoms with Crippen molar-refractivity contribution < 1.29 is 24.6 Å². The van der Waals surface area contributed by atoms with Crippen molar-refractivity contribution in [3.8, 4) is 0 Å². The number of H-pyrrole nitrogens is 2. The summed E-state index contributed by atoms with van der Waals surface area (Å²) in [6.45, 7) is 5.32. The second-order valence-electron chi connectivity index (χ2n) is 7.41. The molecule has 3 atom stereocenters. The van der Waals surface area contributed by atoms with Crippen LogP contribution in [0.2, 0.25) is 0 Å². The number of aromatic amines is 2. The van der Waals surface area contributed by atoms with E-state index in [1.165, 1.54) is 0 Å². The van der Waals surface area contributed by atoms with Gasteiger partial charge in [-0.1, -0.05) is 0 Å². The van der Waals surface area contributed by atoms with E-state index in [0.717, 1.165) is 23.9 Å². The molecule has 0 spiro atoms. The van der Waals surface area contributed by atoms with E-state index in [9.17, 15) is 14.7 Å². The van der Waals surface area contributed by atoms with Crippen LogP contribution in [0.1, 0.15) is 53.5 Å². The molecule has 0 aliphatic heterocycles. The fourth-order valence-corrected chi connectivity index (χ4v) is 3.42. The van der Waals surface area contributed by atoms with Crippen LogP contribution in [0.4, 0.5) is 0 Å².